The molecule has 2 heterocycles. The Hall–Kier alpha value is -0.980. The van der Waals surface area contributed by atoms with Gasteiger partial charge in [0.15, 0.2) is 5.13 Å². The van der Waals surface area contributed by atoms with Gasteiger partial charge in [-0.25, -0.2) is 4.98 Å². The van der Waals surface area contributed by atoms with Crippen molar-refractivity contribution in [3.8, 4) is 0 Å². The van der Waals surface area contributed by atoms with E-state index in [1.807, 2.05) is 12.3 Å². The van der Waals surface area contributed by atoms with Crippen LogP contribution in [0.2, 0.25) is 0 Å². The molecule has 1 aromatic rings. The zero-order valence-corrected chi connectivity index (χ0v) is 12.5. The van der Waals surface area contributed by atoms with Gasteiger partial charge in [0.1, 0.15) is 0 Å². The molecule has 2 unspecified atom stereocenters. The smallest absolute Gasteiger partial charge is 0.225 e. The van der Waals surface area contributed by atoms with Crippen molar-refractivity contribution in [2.75, 3.05) is 18.4 Å². The van der Waals surface area contributed by atoms with E-state index in [1.54, 1.807) is 0 Å². The van der Waals surface area contributed by atoms with Gasteiger partial charge in [0.05, 0.1) is 17.9 Å². The molecule has 1 aromatic heterocycles. The van der Waals surface area contributed by atoms with Crippen LogP contribution in [0.25, 0.3) is 0 Å². The van der Waals surface area contributed by atoms with E-state index in [1.165, 1.54) is 11.3 Å². The summed E-state index contributed by atoms with van der Waals surface area (Å²) in [5.41, 5.74) is 1.01. The van der Waals surface area contributed by atoms with E-state index in [4.69, 9.17) is 4.74 Å². The summed E-state index contributed by atoms with van der Waals surface area (Å²) in [6, 6.07) is 0. The van der Waals surface area contributed by atoms with Crippen LogP contribution in [0, 0.1) is 0 Å². The molecule has 1 N–H and O–H groups in total. The second kappa shape index (κ2) is 6.45. The molecule has 5 nitrogen and oxygen atoms in total. The zero-order chi connectivity index (χ0) is 13.8. The van der Waals surface area contributed by atoms with Crippen LogP contribution < -0.4 is 5.32 Å². The molecule has 0 aromatic carbocycles. The molecule has 1 saturated heterocycles. The fourth-order valence-corrected chi connectivity index (χ4v) is 3.00. The van der Waals surface area contributed by atoms with Crippen LogP contribution in [0.4, 0.5) is 5.13 Å². The van der Waals surface area contributed by atoms with Crippen LogP contribution >= 0.6 is 11.3 Å². The van der Waals surface area contributed by atoms with Crippen molar-refractivity contribution in [3.63, 3.8) is 0 Å². The largest absolute Gasteiger partial charge is 0.373 e. The first-order valence-corrected chi connectivity index (χ1v) is 7.56. The first kappa shape index (κ1) is 14.4. The maximum atomic E-state index is 11.3. The van der Waals surface area contributed by atoms with Gasteiger partial charge < -0.3 is 10.1 Å². The van der Waals surface area contributed by atoms with Crippen LogP contribution in [0.15, 0.2) is 5.38 Å². The molecule has 1 amide bonds. The summed E-state index contributed by atoms with van der Waals surface area (Å²) in [6.07, 6.45) is 1.01. The molecule has 0 aliphatic carbocycles. The third-order valence-electron chi connectivity index (χ3n) is 3.00. The highest BCUT2D eigenvalue weighted by Crippen LogP contribution is 2.19. The third-order valence-corrected chi connectivity index (χ3v) is 3.81. The Morgan fingerprint density at radius 1 is 1.53 bits per heavy atom. The summed E-state index contributed by atoms with van der Waals surface area (Å²) in [5.74, 6) is 0.00881. The number of aromatic nitrogens is 1. The summed E-state index contributed by atoms with van der Waals surface area (Å²) in [4.78, 5) is 18.1. The lowest BCUT2D eigenvalue weighted by Gasteiger charge is -2.34. The number of morpholine rings is 1. The zero-order valence-electron chi connectivity index (χ0n) is 11.7. The lowest BCUT2D eigenvalue weighted by Crippen LogP contribution is -2.44. The Kier molecular flexibility index (Phi) is 4.90. The van der Waals surface area contributed by atoms with E-state index >= 15 is 0 Å². The number of hydrogen-bond donors (Lipinski definition) is 1. The number of rotatable bonds is 4. The van der Waals surface area contributed by atoms with Gasteiger partial charge in [-0.3, -0.25) is 9.69 Å². The Morgan fingerprint density at radius 3 is 2.84 bits per heavy atom. The number of carbonyl (C=O) groups is 1. The van der Waals surface area contributed by atoms with Crippen molar-refractivity contribution in [2.24, 2.45) is 0 Å². The van der Waals surface area contributed by atoms with E-state index in [0.717, 1.165) is 25.3 Å². The second-order valence-corrected chi connectivity index (χ2v) is 5.86. The molecule has 19 heavy (non-hydrogen) atoms. The van der Waals surface area contributed by atoms with Crippen molar-refractivity contribution in [2.45, 2.75) is 45.9 Å². The summed E-state index contributed by atoms with van der Waals surface area (Å²) in [5, 5.41) is 5.49. The van der Waals surface area contributed by atoms with E-state index in [0.29, 0.717) is 11.6 Å². The summed E-state index contributed by atoms with van der Waals surface area (Å²) in [7, 11) is 0. The van der Waals surface area contributed by atoms with Crippen molar-refractivity contribution in [1.29, 1.82) is 0 Å². The van der Waals surface area contributed by atoms with Gasteiger partial charge >= 0.3 is 0 Å². The van der Waals surface area contributed by atoms with Crippen molar-refractivity contribution < 1.29 is 9.53 Å². The normalized spacial score (nSPS) is 24.4. The van der Waals surface area contributed by atoms with Crippen LogP contribution in [0.5, 0.6) is 0 Å². The fraction of sp³-hybridized carbons (Fsp3) is 0.692. The van der Waals surface area contributed by atoms with Gasteiger partial charge in [-0.1, -0.05) is 6.92 Å². The Balaban J connectivity index is 1.90. The molecule has 0 bridgehead atoms. The summed E-state index contributed by atoms with van der Waals surface area (Å²) in [6.45, 7) is 8.70. The van der Waals surface area contributed by atoms with E-state index in [9.17, 15) is 4.79 Å². The first-order chi connectivity index (χ1) is 9.06. The average molecular weight is 283 g/mol. The van der Waals surface area contributed by atoms with Crippen LogP contribution in [0.1, 0.15) is 32.9 Å². The van der Waals surface area contributed by atoms with Crippen LogP contribution in [-0.2, 0) is 16.1 Å². The quantitative estimate of drug-likeness (QED) is 0.919. The van der Waals surface area contributed by atoms with Gasteiger partial charge in [-0.15, -0.1) is 11.3 Å². The molecule has 106 valence electrons. The lowest BCUT2D eigenvalue weighted by atomic mass is 10.2. The molecule has 0 spiro atoms. The number of nitrogens with zero attached hydrogens (tertiary/aromatic N) is 2. The molecule has 1 fully saturated rings. The standard InChI is InChI=1S/C13H21N3O2S/c1-4-12(17)15-13-14-11(8-19-13)7-16-5-9(2)18-10(3)6-16/h8-10H,4-7H2,1-3H3,(H,14,15,17). The van der Waals surface area contributed by atoms with Crippen molar-refractivity contribution in [3.05, 3.63) is 11.1 Å². The number of nitrogens with one attached hydrogen (secondary N) is 1. The number of anilines is 1. The van der Waals surface area contributed by atoms with Crippen molar-refractivity contribution >= 4 is 22.4 Å². The molecule has 2 atom stereocenters. The number of hydrogen-bond acceptors (Lipinski definition) is 5. The van der Waals surface area contributed by atoms with E-state index in [-0.39, 0.29) is 18.1 Å². The number of carbonyl (C=O) groups excluding carboxylic acids is 1. The number of amides is 1. The predicted molar refractivity (Wildman–Crippen MR) is 76.3 cm³/mol. The molecule has 1 aliphatic heterocycles. The maximum absolute atomic E-state index is 11.3. The minimum atomic E-state index is 0.00881. The lowest BCUT2D eigenvalue weighted by molar-refractivity contribution is -0.115. The molecule has 0 radical (unpaired) electrons. The van der Waals surface area contributed by atoms with Crippen LogP contribution in [0.3, 0.4) is 0 Å². The van der Waals surface area contributed by atoms with Gasteiger partial charge in [-0.05, 0) is 13.8 Å². The van der Waals surface area contributed by atoms with Gasteiger partial charge in [0, 0.05) is 31.4 Å². The monoisotopic (exact) mass is 283 g/mol. The Morgan fingerprint density at radius 2 is 2.21 bits per heavy atom. The average Bonchev–Trinajstić information content (AvgIpc) is 2.74. The highest BCUT2D eigenvalue weighted by molar-refractivity contribution is 7.13. The Bertz CT molecular complexity index is 425. The maximum Gasteiger partial charge on any atom is 0.225 e. The van der Waals surface area contributed by atoms with Crippen LogP contribution in [-0.4, -0.2) is 41.1 Å². The fourth-order valence-electron chi connectivity index (χ4n) is 2.29. The van der Waals surface area contributed by atoms with E-state index in [2.05, 4.69) is 29.0 Å². The summed E-state index contributed by atoms with van der Waals surface area (Å²) >= 11 is 1.48. The highest BCUT2D eigenvalue weighted by atomic mass is 32.1. The molecule has 0 saturated carbocycles. The second-order valence-electron chi connectivity index (χ2n) is 5.00. The molecular weight excluding hydrogens is 262 g/mol. The topological polar surface area (TPSA) is 54.5 Å². The predicted octanol–water partition coefficient (Wildman–Crippen LogP) is 2.10. The van der Waals surface area contributed by atoms with E-state index < -0.39 is 0 Å². The van der Waals surface area contributed by atoms with Gasteiger partial charge in [-0.2, -0.15) is 0 Å². The SMILES string of the molecule is CCC(=O)Nc1nc(CN2CC(C)OC(C)C2)cs1. The minimum absolute atomic E-state index is 0.00881. The Labute approximate surface area is 118 Å². The van der Waals surface area contributed by atoms with Gasteiger partial charge in [0.2, 0.25) is 5.91 Å². The number of ether oxygens (including phenoxy) is 1. The summed E-state index contributed by atoms with van der Waals surface area (Å²) < 4.78 is 5.71. The molecule has 1 aliphatic rings. The molecular formula is C13H21N3O2S. The minimum Gasteiger partial charge on any atom is -0.373 e. The highest BCUT2D eigenvalue weighted by Gasteiger charge is 2.22. The third kappa shape index (κ3) is 4.26. The number of thiazole rings is 1. The first-order valence-electron chi connectivity index (χ1n) is 6.69. The molecule has 6 heteroatoms. The van der Waals surface area contributed by atoms with Crippen molar-refractivity contribution in [1.82, 2.24) is 9.88 Å². The van der Waals surface area contributed by atoms with Gasteiger partial charge in [0.25, 0.3) is 0 Å². The molecule has 2 rings (SSSR count).